The number of nitrogens with zero attached hydrogens (tertiary/aromatic N) is 2. The van der Waals surface area contributed by atoms with Gasteiger partial charge in [-0.05, 0) is 25.0 Å². The Labute approximate surface area is 107 Å². The summed E-state index contributed by atoms with van der Waals surface area (Å²) >= 11 is 0. The minimum Gasteiger partial charge on any atom is -0.337 e. The Kier molecular flexibility index (Phi) is 3.32. The molecule has 2 rings (SSSR count). The van der Waals surface area contributed by atoms with Crippen LogP contribution in [0, 0.1) is 13.8 Å². The second kappa shape index (κ2) is 4.77. The lowest BCUT2D eigenvalue weighted by atomic mass is 9.92. The van der Waals surface area contributed by atoms with Crippen molar-refractivity contribution in [2.24, 2.45) is 7.05 Å². The Morgan fingerprint density at radius 2 is 1.94 bits per heavy atom. The van der Waals surface area contributed by atoms with Crippen LogP contribution in [-0.2, 0) is 7.05 Å². The zero-order chi connectivity index (χ0) is 13.3. The first-order valence-electron chi connectivity index (χ1n) is 6.10. The van der Waals surface area contributed by atoms with E-state index in [9.17, 15) is 4.79 Å². The Hall–Kier alpha value is -1.90. The van der Waals surface area contributed by atoms with E-state index in [4.69, 9.17) is 0 Å². The second-order valence-corrected chi connectivity index (χ2v) is 4.73. The number of benzene rings is 1. The molecule has 0 amide bonds. The number of rotatable bonds is 3. The molecule has 3 nitrogen and oxygen atoms in total. The molecule has 0 bridgehead atoms. The van der Waals surface area contributed by atoms with Crippen LogP contribution < -0.4 is 0 Å². The average Bonchev–Trinajstić information content (AvgIpc) is 2.68. The van der Waals surface area contributed by atoms with E-state index in [1.54, 1.807) is 6.20 Å². The zero-order valence-electron chi connectivity index (χ0n) is 11.3. The highest BCUT2D eigenvalue weighted by atomic mass is 16.1. The molecule has 2 aromatic rings. The molecule has 1 unspecified atom stereocenters. The van der Waals surface area contributed by atoms with Crippen LogP contribution in [0.1, 0.15) is 40.3 Å². The van der Waals surface area contributed by atoms with Gasteiger partial charge in [0, 0.05) is 19.2 Å². The molecule has 1 aromatic heterocycles. The topological polar surface area (TPSA) is 34.9 Å². The molecule has 0 saturated carbocycles. The van der Waals surface area contributed by atoms with Crippen LogP contribution in [0.5, 0.6) is 0 Å². The number of aryl methyl sites for hydroxylation is 3. The number of hydrogen-bond acceptors (Lipinski definition) is 2. The fourth-order valence-corrected chi connectivity index (χ4v) is 2.11. The monoisotopic (exact) mass is 242 g/mol. The summed E-state index contributed by atoms with van der Waals surface area (Å²) in [6.07, 6.45) is 1.80. The van der Waals surface area contributed by atoms with Gasteiger partial charge >= 0.3 is 0 Å². The maximum atomic E-state index is 12.4. The maximum Gasteiger partial charge on any atom is 0.189 e. The molecule has 0 aliphatic heterocycles. The summed E-state index contributed by atoms with van der Waals surface area (Å²) in [5.74, 6) is 0.781. The number of hydrogen-bond donors (Lipinski definition) is 0. The maximum absolute atomic E-state index is 12.4. The Bertz CT molecular complexity index is 564. The van der Waals surface area contributed by atoms with Gasteiger partial charge in [-0.25, -0.2) is 4.98 Å². The highest BCUT2D eigenvalue weighted by molar-refractivity contribution is 5.99. The van der Waals surface area contributed by atoms with Gasteiger partial charge in [-0.3, -0.25) is 4.79 Å². The normalized spacial score (nSPS) is 12.4. The van der Waals surface area contributed by atoms with E-state index in [-0.39, 0.29) is 11.7 Å². The van der Waals surface area contributed by atoms with Gasteiger partial charge in [-0.2, -0.15) is 0 Å². The third-order valence-corrected chi connectivity index (χ3v) is 3.41. The smallest absolute Gasteiger partial charge is 0.189 e. The van der Waals surface area contributed by atoms with E-state index in [0.29, 0.717) is 5.69 Å². The Morgan fingerprint density at radius 3 is 2.50 bits per heavy atom. The standard InChI is InChI=1S/C15H18N2O/c1-10-7-5-6-8-13(10)11(2)15(18)14-9-17(4)12(3)16-14/h5-9,11H,1-4H3. The molecule has 0 spiro atoms. The number of Topliss-reactive ketones (excluding diaryl/α,β-unsaturated/α-hetero) is 1. The van der Waals surface area contributed by atoms with Crippen LogP contribution in [0.15, 0.2) is 30.5 Å². The Morgan fingerprint density at radius 1 is 1.28 bits per heavy atom. The van der Waals surface area contributed by atoms with Crippen LogP contribution >= 0.6 is 0 Å². The van der Waals surface area contributed by atoms with Gasteiger partial charge < -0.3 is 4.57 Å². The molecule has 18 heavy (non-hydrogen) atoms. The predicted molar refractivity (Wildman–Crippen MR) is 71.9 cm³/mol. The number of aromatic nitrogens is 2. The lowest BCUT2D eigenvalue weighted by molar-refractivity contribution is 0.0961. The van der Waals surface area contributed by atoms with Crippen molar-refractivity contribution in [1.29, 1.82) is 0 Å². The fraction of sp³-hybridized carbons (Fsp3) is 0.333. The van der Waals surface area contributed by atoms with Crippen LogP contribution in [0.2, 0.25) is 0 Å². The fourth-order valence-electron chi connectivity index (χ4n) is 2.11. The summed E-state index contributed by atoms with van der Waals surface area (Å²) in [6, 6.07) is 7.99. The zero-order valence-corrected chi connectivity index (χ0v) is 11.3. The molecule has 0 radical (unpaired) electrons. The highest BCUT2D eigenvalue weighted by Crippen LogP contribution is 2.23. The van der Waals surface area contributed by atoms with Crippen molar-refractivity contribution >= 4 is 5.78 Å². The van der Waals surface area contributed by atoms with E-state index in [1.807, 2.05) is 56.7 Å². The number of ketones is 1. The molecule has 0 saturated heterocycles. The quantitative estimate of drug-likeness (QED) is 0.775. The van der Waals surface area contributed by atoms with Gasteiger partial charge in [0.1, 0.15) is 11.5 Å². The number of imidazole rings is 1. The molecule has 1 atom stereocenters. The van der Waals surface area contributed by atoms with Crippen LogP contribution in [0.25, 0.3) is 0 Å². The molecule has 1 aromatic carbocycles. The van der Waals surface area contributed by atoms with E-state index in [0.717, 1.165) is 17.0 Å². The lowest BCUT2D eigenvalue weighted by Crippen LogP contribution is -2.11. The van der Waals surface area contributed by atoms with Crippen molar-refractivity contribution in [2.45, 2.75) is 26.7 Å². The summed E-state index contributed by atoms with van der Waals surface area (Å²) in [6.45, 7) is 5.87. The van der Waals surface area contributed by atoms with Crippen molar-refractivity contribution in [3.05, 3.63) is 53.1 Å². The van der Waals surface area contributed by atoms with Crippen LogP contribution in [-0.4, -0.2) is 15.3 Å². The van der Waals surface area contributed by atoms with Crippen molar-refractivity contribution in [3.8, 4) is 0 Å². The van der Waals surface area contributed by atoms with Crippen molar-refractivity contribution in [2.75, 3.05) is 0 Å². The summed E-state index contributed by atoms with van der Waals surface area (Å²) in [5, 5.41) is 0. The van der Waals surface area contributed by atoms with E-state index in [1.165, 1.54) is 0 Å². The first-order valence-corrected chi connectivity index (χ1v) is 6.10. The third kappa shape index (κ3) is 2.21. The van der Waals surface area contributed by atoms with Gasteiger partial charge in [0.2, 0.25) is 0 Å². The van der Waals surface area contributed by atoms with Gasteiger partial charge in [0.25, 0.3) is 0 Å². The molecular formula is C15H18N2O. The molecule has 94 valence electrons. The first kappa shape index (κ1) is 12.6. The average molecular weight is 242 g/mol. The molecule has 0 fully saturated rings. The van der Waals surface area contributed by atoms with E-state index in [2.05, 4.69) is 4.98 Å². The van der Waals surface area contributed by atoms with E-state index >= 15 is 0 Å². The van der Waals surface area contributed by atoms with Gasteiger partial charge in [0.15, 0.2) is 5.78 Å². The third-order valence-electron chi connectivity index (χ3n) is 3.41. The Balaban J connectivity index is 2.32. The molecule has 0 aliphatic carbocycles. The van der Waals surface area contributed by atoms with E-state index < -0.39 is 0 Å². The van der Waals surface area contributed by atoms with Crippen molar-refractivity contribution < 1.29 is 4.79 Å². The highest BCUT2D eigenvalue weighted by Gasteiger charge is 2.21. The summed E-state index contributed by atoms with van der Waals surface area (Å²) in [5.41, 5.74) is 2.77. The van der Waals surface area contributed by atoms with Crippen LogP contribution in [0.3, 0.4) is 0 Å². The summed E-state index contributed by atoms with van der Waals surface area (Å²) < 4.78 is 1.87. The molecular weight excluding hydrogens is 224 g/mol. The van der Waals surface area contributed by atoms with Crippen LogP contribution in [0.4, 0.5) is 0 Å². The largest absolute Gasteiger partial charge is 0.337 e. The summed E-state index contributed by atoms with van der Waals surface area (Å²) in [4.78, 5) is 16.7. The minimum absolute atomic E-state index is 0.0769. The lowest BCUT2D eigenvalue weighted by Gasteiger charge is -2.12. The van der Waals surface area contributed by atoms with Gasteiger partial charge in [0.05, 0.1) is 0 Å². The van der Waals surface area contributed by atoms with Gasteiger partial charge in [-0.1, -0.05) is 31.2 Å². The second-order valence-electron chi connectivity index (χ2n) is 4.73. The molecule has 0 aliphatic rings. The van der Waals surface area contributed by atoms with Gasteiger partial charge in [-0.15, -0.1) is 0 Å². The minimum atomic E-state index is -0.152. The molecule has 3 heteroatoms. The van der Waals surface area contributed by atoms with Crippen molar-refractivity contribution in [1.82, 2.24) is 9.55 Å². The predicted octanol–water partition coefficient (Wildman–Crippen LogP) is 3.02. The first-order chi connectivity index (χ1) is 8.50. The molecule has 1 heterocycles. The SMILES string of the molecule is Cc1ccccc1C(C)C(=O)c1cn(C)c(C)n1. The molecule has 0 N–H and O–H groups in total. The number of carbonyl (C=O) groups is 1. The van der Waals surface area contributed by atoms with Crippen molar-refractivity contribution in [3.63, 3.8) is 0 Å². The summed E-state index contributed by atoms with van der Waals surface area (Å²) in [7, 11) is 1.90. The number of carbonyl (C=O) groups excluding carboxylic acids is 1.